The second-order valence-corrected chi connectivity index (χ2v) is 3.25. The fourth-order valence-corrected chi connectivity index (χ4v) is 1.28. The monoisotopic (exact) mass is 128 g/mol. The average Bonchev–Trinajstić information content (AvgIpc) is 2.08. The molecule has 53 valence electrons. The molecule has 0 amide bonds. The van der Waals surface area contributed by atoms with Crippen LogP contribution in [0.2, 0.25) is 0 Å². The Hall–Kier alpha value is -0.0800. The van der Waals surface area contributed by atoms with Gasteiger partial charge in [0.2, 0.25) is 0 Å². The van der Waals surface area contributed by atoms with E-state index in [9.17, 15) is 5.11 Å². The van der Waals surface area contributed by atoms with Gasteiger partial charge in [-0.3, -0.25) is 0 Å². The van der Waals surface area contributed by atoms with Crippen LogP contribution in [0.15, 0.2) is 0 Å². The van der Waals surface area contributed by atoms with Gasteiger partial charge >= 0.3 is 0 Å². The molecule has 1 saturated heterocycles. The molecule has 0 aliphatic carbocycles. The van der Waals surface area contributed by atoms with Crippen molar-refractivity contribution in [1.82, 2.24) is 5.32 Å². The van der Waals surface area contributed by atoms with Crippen molar-refractivity contribution in [1.29, 1.82) is 0 Å². The summed E-state index contributed by atoms with van der Waals surface area (Å²) in [5, 5.41) is 14.4. The fourth-order valence-electron chi connectivity index (χ4n) is 1.28. The van der Waals surface area contributed by atoms with E-state index in [0.717, 1.165) is 19.4 Å². The standard InChI is InChI=1S/C7H14NO/c1-7(2,9)6-4-3-5-8-6/h6,8H,3-5H2,1-2H3. The predicted octanol–water partition coefficient (Wildman–Crippen LogP) is 0.948. The molecule has 2 heteroatoms. The van der Waals surface area contributed by atoms with Crippen LogP contribution in [-0.4, -0.2) is 18.2 Å². The average molecular weight is 128 g/mol. The van der Waals surface area contributed by atoms with Gasteiger partial charge in [0, 0.05) is 6.04 Å². The highest BCUT2D eigenvalue weighted by molar-refractivity contribution is 4.87. The molecule has 1 N–H and O–H groups in total. The summed E-state index contributed by atoms with van der Waals surface area (Å²) in [5.74, 6) is 0. The summed E-state index contributed by atoms with van der Waals surface area (Å²) < 4.78 is 0. The van der Waals surface area contributed by atoms with Crippen molar-refractivity contribution < 1.29 is 5.11 Å². The van der Waals surface area contributed by atoms with E-state index >= 15 is 0 Å². The molecule has 0 spiro atoms. The second kappa shape index (κ2) is 2.27. The van der Waals surface area contributed by atoms with Crippen LogP contribution >= 0.6 is 0 Å². The van der Waals surface area contributed by atoms with Gasteiger partial charge in [-0.15, -0.1) is 0 Å². The van der Waals surface area contributed by atoms with Gasteiger partial charge in [0.25, 0.3) is 0 Å². The van der Waals surface area contributed by atoms with E-state index in [4.69, 9.17) is 0 Å². The molecule has 1 aliphatic heterocycles. The summed E-state index contributed by atoms with van der Waals surface area (Å²) in [5.41, 5.74) is -0.781. The minimum atomic E-state index is -0.781. The minimum absolute atomic E-state index is 0.206. The lowest BCUT2D eigenvalue weighted by Crippen LogP contribution is -2.41. The largest absolute Gasteiger partial charge is 0.311 e. The van der Waals surface area contributed by atoms with E-state index in [0.29, 0.717) is 0 Å². The zero-order valence-corrected chi connectivity index (χ0v) is 6.11. The molecule has 0 saturated carbocycles. The van der Waals surface area contributed by atoms with Crippen LogP contribution in [0.1, 0.15) is 26.7 Å². The lowest BCUT2D eigenvalue weighted by atomic mass is 9.98. The third kappa shape index (κ3) is 1.66. The van der Waals surface area contributed by atoms with Crippen molar-refractivity contribution in [2.75, 3.05) is 6.54 Å². The SMILES string of the molecule is CC(C)([O])C1CCCN1. The van der Waals surface area contributed by atoms with E-state index < -0.39 is 5.60 Å². The number of nitrogens with one attached hydrogen (secondary N) is 1. The van der Waals surface area contributed by atoms with Gasteiger partial charge in [-0.05, 0) is 33.2 Å². The van der Waals surface area contributed by atoms with Crippen molar-refractivity contribution in [2.45, 2.75) is 38.3 Å². The fraction of sp³-hybridized carbons (Fsp3) is 1.00. The van der Waals surface area contributed by atoms with E-state index in [1.54, 1.807) is 13.8 Å². The molecular formula is C7H14NO. The maximum atomic E-state index is 11.2. The highest BCUT2D eigenvalue weighted by Crippen LogP contribution is 2.18. The Labute approximate surface area is 56.3 Å². The molecule has 1 unspecified atom stereocenters. The van der Waals surface area contributed by atoms with E-state index in [1.165, 1.54) is 0 Å². The molecule has 1 heterocycles. The van der Waals surface area contributed by atoms with Crippen molar-refractivity contribution in [3.63, 3.8) is 0 Å². The molecular weight excluding hydrogens is 114 g/mol. The molecule has 1 rings (SSSR count). The Kier molecular flexibility index (Phi) is 1.78. The van der Waals surface area contributed by atoms with Gasteiger partial charge in [-0.1, -0.05) is 0 Å². The molecule has 9 heavy (non-hydrogen) atoms. The van der Waals surface area contributed by atoms with E-state index in [2.05, 4.69) is 5.32 Å². The molecule has 1 atom stereocenters. The Morgan fingerprint density at radius 3 is 2.44 bits per heavy atom. The van der Waals surface area contributed by atoms with Crippen LogP contribution in [0.4, 0.5) is 0 Å². The summed E-state index contributed by atoms with van der Waals surface area (Å²) in [6.07, 6.45) is 2.22. The van der Waals surface area contributed by atoms with Gasteiger partial charge < -0.3 is 5.32 Å². The molecule has 1 fully saturated rings. The lowest BCUT2D eigenvalue weighted by Gasteiger charge is -2.22. The smallest absolute Gasteiger partial charge is 0.113 e. The first kappa shape index (κ1) is 7.03. The number of hydrogen-bond acceptors (Lipinski definition) is 1. The molecule has 0 aromatic rings. The van der Waals surface area contributed by atoms with Crippen molar-refractivity contribution >= 4 is 0 Å². The summed E-state index contributed by atoms with van der Waals surface area (Å²) in [7, 11) is 0. The molecule has 0 aromatic heterocycles. The van der Waals surface area contributed by atoms with Crippen LogP contribution in [0.25, 0.3) is 0 Å². The van der Waals surface area contributed by atoms with Crippen LogP contribution in [0, 0.1) is 0 Å². The second-order valence-electron chi connectivity index (χ2n) is 3.25. The van der Waals surface area contributed by atoms with Crippen LogP contribution in [-0.2, 0) is 5.11 Å². The highest BCUT2D eigenvalue weighted by Gasteiger charge is 2.30. The Morgan fingerprint density at radius 2 is 2.22 bits per heavy atom. The van der Waals surface area contributed by atoms with Crippen molar-refractivity contribution in [3.05, 3.63) is 0 Å². The zero-order chi connectivity index (χ0) is 6.91. The molecule has 1 radical (unpaired) electrons. The van der Waals surface area contributed by atoms with Crippen LogP contribution < -0.4 is 5.32 Å². The maximum absolute atomic E-state index is 11.2. The van der Waals surface area contributed by atoms with Gasteiger partial charge in [0.05, 0.1) is 0 Å². The Bertz CT molecular complexity index is 89.6. The number of rotatable bonds is 1. The van der Waals surface area contributed by atoms with Crippen LogP contribution in [0.5, 0.6) is 0 Å². The summed E-state index contributed by atoms with van der Waals surface area (Å²) in [4.78, 5) is 0. The van der Waals surface area contributed by atoms with E-state index in [-0.39, 0.29) is 6.04 Å². The summed E-state index contributed by atoms with van der Waals surface area (Å²) in [6.45, 7) is 4.52. The number of hydrogen-bond donors (Lipinski definition) is 1. The van der Waals surface area contributed by atoms with Gasteiger partial charge in [0.1, 0.15) is 5.60 Å². The van der Waals surface area contributed by atoms with Gasteiger partial charge in [-0.25, -0.2) is 5.11 Å². The summed E-state index contributed by atoms with van der Waals surface area (Å²) in [6, 6.07) is 0.206. The molecule has 1 aliphatic rings. The molecule has 2 nitrogen and oxygen atoms in total. The van der Waals surface area contributed by atoms with E-state index in [1.807, 2.05) is 0 Å². The first-order chi connectivity index (χ1) is 4.11. The van der Waals surface area contributed by atoms with Crippen molar-refractivity contribution in [2.24, 2.45) is 0 Å². The maximum Gasteiger partial charge on any atom is 0.113 e. The van der Waals surface area contributed by atoms with Gasteiger partial charge in [-0.2, -0.15) is 0 Å². The predicted molar refractivity (Wildman–Crippen MR) is 35.8 cm³/mol. The highest BCUT2D eigenvalue weighted by atomic mass is 16.3. The van der Waals surface area contributed by atoms with Gasteiger partial charge in [0.15, 0.2) is 0 Å². The zero-order valence-electron chi connectivity index (χ0n) is 6.11. The third-order valence-corrected chi connectivity index (χ3v) is 1.90. The normalized spacial score (nSPS) is 29.0. The first-order valence-electron chi connectivity index (χ1n) is 3.54. The summed E-state index contributed by atoms with van der Waals surface area (Å²) >= 11 is 0. The Balaban J connectivity index is 2.42. The lowest BCUT2D eigenvalue weighted by molar-refractivity contribution is -0.0234. The molecule has 0 aromatic carbocycles. The minimum Gasteiger partial charge on any atom is -0.311 e. The third-order valence-electron chi connectivity index (χ3n) is 1.90. The first-order valence-corrected chi connectivity index (χ1v) is 3.54. The van der Waals surface area contributed by atoms with Crippen LogP contribution in [0.3, 0.4) is 0 Å². The quantitative estimate of drug-likeness (QED) is 0.560. The van der Waals surface area contributed by atoms with Crippen molar-refractivity contribution in [3.8, 4) is 0 Å². The topological polar surface area (TPSA) is 31.9 Å². The molecule has 0 bridgehead atoms. The Morgan fingerprint density at radius 1 is 1.56 bits per heavy atom.